The molecule has 0 unspecified atom stereocenters. The fraction of sp³-hybridized carbons (Fsp3) is 0.556. The Kier molecular flexibility index (Phi) is 7.39. The molecule has 1 aliphatic heterocycles. The highest BCUT2D eigenvalue weighted by molar-refractivity contribution is 5.80. The van der Waals surface area contributed by atoms with Gasteiger partial charge in [0.2, 0.25) is 5.91 Å². The van der Waals surface area contributed by atoms with Crippen molar-refractivity contribution in [1.82, 2.24) is 10.2 Å². The first-order valence-corrected chi connectivity index (χ1v) is 8.82. The lowest BCUT2D eigenvalue weighted by Gasteiger charge is -2.36. The number of hydrogen-bond donors (Lipinski definition) is 2. The van der Waals surface area contributed by atoms with E-state index in [-0.39, 0.29) is 5.91 Å². The van der Waals surface area contributed by atoms with E-state index in [9.17, 15) is 4.79 Å². The minimum absolute atomic E-state index is 0.177. The molecule has 3 N–H and O–H groups in total. The van der Waals surface area contributed by atoms with E-state index in [0.717, 1.165) is 45.6 Å². The molecule has 6 nitrogen and oxygen atoms in total. The van der Waals surface area contributed by atoms with Crippen LogP contribution in [0.3, 0.4) is 0 Å². The maximum atomic E-state index is 12.3. The average Bonchev–Trinajstić information content (AvgIpc) is 2.63. The molecule has 1 saturated heterocycles. The zero-order valence-corrected chi connectivity index (χ0v) is 14.6. The number of para-hydroxylation sites is 1. The number of nitrogens with one attached hydrogen (secondary N) is 1. The van der Waals surface area contributed by atoms with Crippen molar-refractivity contribution in [3.8, 4) is 0 Å². The van der Waals surface area contributed by atoms with Crippen molar-refractivity contribution in [2.24, 2.45) is 10.7 Å². The highest BCUT2D eigenvalue weighted by Gasteiger charge is 2.20. The van der Waals surface area contributed by atoms with E-state index in [0.29, 0.717) is 18.9 Å². The lowest BCUT2D eigenvalue weighted by Crippen LogP contribution is -2.49. The van der Waals surface area contributed by atoms with E-state index in [2.05, 4.69) is 34.3 Å². The van der Waals surface area contributed by atoms with Gasteiger partial charge in [0, 0.05) is 51.4 Å². The molecule has 1 aliphatic rings. The van der Waals surface area contributed by atoms with E-state index in [1.807, 2.05) is 23.1 Å². The highest BCUT2D eigenvalue weighted by atomic mass is 16.2. The molecule has 1 aromatic rings. The first-order chi connectivity index (χ1) is 11.7. The van der Waals surface area contributed by atoms with Gasteiger partial charge in [0.15, 0.2) is 5.96 Å². The van der Waals surface area contributed by atoms with Gasteiger partial charge in [-0.2, -0.15) is 0 Å². The third-order valence-corrected chi connectivity index (χ3v) is 4.19. The highest BCUT2D eigenvalue weighted by Crippen LogP contribution is 2.15. The smallest absolute Gasteiger partial charge is 0.224 e. The molecule has 1 amide bonds. The zero-order chi connectivity index (χ0) is 17.2. The summed E-state index contributed by atoms with van der Waals surface area (Å²) in [6.45, 7) is 6.70. The molecule has 1 heterocycles. The Morgan fingerprint density at radius 2 is 1.92 bits per heavy atom. The van der Waals surface area contributed by atoms with Gasteiger partial charge in [-0.1, -0.05) is 31.5 Å². The second-order valence-electron chi connectivity index (χ2n) is 6.00. The number of rotatable bonds is 7. The summed E-state index contributed by atoms with van der Waals surface area (Å²) in [5.74, 6) is 0.613. The summed E-state index contributed by atoms with van der Waals surface area (Å²) in [5, 5.41) is 3.02. The SMILES string of the molecule is CCCCN=C(N)NCCC(=O)N1CCN(c2ccccc2)CC1. The molecule has 0 aliphatic carbocycles. The number of amides is 1. The number of anilines is 1. The number of nitrogens with zero attached hydrogens (tertiary/aromatic N) is 3. The second kappa shape index (κ2) is 9.80. The molecule has 0 aromatic heterocycles. The zero-order valence-electron chi connectivity index (χ0n) is 14.6. The van der Waals surface area contributed by atoms with Gasteiger partial charge >= 0.3 is 0 Å². The van der Waals surface area contributed by atoms with Crippen LogP contribution in [0.1, 0.15) is 26.2 Å². The van der Waals surface area contributed by atoms with Crippen LogP contribution in [0, 0.1) is 0 Å². The Bertz CT molecular complexity index is 523. The van der Waals surface area contributed by atoms with Crippen LogP contribution in [-0.2, 0) is 4.79 Å². The van der Waals surface area contributed by atoms with Gasteiger partial charge in [-0.25, -0.2) is 0 Å². The third-order valence-electron chi connectivity index (χ3n) is 4.19. The van der Waals surface area contributed by atoms with Crippen molar-refractivity contribution in [2.75, 3.05) is 44.2 Å². The van der Waals surface area contributed by atoms with Gasteiger partial charge in [-0.15, -0.1) is 0 Å². The number of unbranched alkanes of at least 4 members (excludes halogenated alkanes) is 1. The molecule has 0 spiro atoms. The number of nitrogens with two attached hydrogens (primary N) is 1. The van der Waals surface area contributed by atoms with Crippen molar-refractivity contribution in [3.05, 3.63) is 30.3 Å². The summed E-state index contributed by atoms with van der Waals surface area (Å²) < 4.78 is 0. The number of carbonyl (C=O) groups excluding carboxylic acids is 1. The monoisotopic (exact) mass is 331 g/mol. The molecule has 0 bridgehead atoms. The Balaban J connectivity index is 1.67. The summed E-state index contributed by atoms with van der Waals surface area (Å²) >= 11 is 0. The van der Waals surface area contributed by atoms with Crippen LogP contribution in [0.25, 0.3) is 0 Å². The summed E-state index contributed by atoms with van der Waals surface area (Å²) in [6, 6.07) is 10.3. The van der Waals surface area contributed by atoms with Gasteiger partial charge < -0.3 is 20.9 Å². The topological polar surface area (TPSA) is 74.0 Å². The van der Waals surface area contributed by atoms with Crippen molar-refractivity contribution >= 4 is 17.6 Å². The summed E-state index contributed by atoms with van der Waals surface area (Å²) in [5.41, 5.74) is 6.99. The number of benzene rings is 1. The molecule has 132 valence electrons. The number of aliphatic imine (C=N–C) groups is 1. The van der Waals surface area contributed by atoms with Crippen LogP contribution in [0.2, 0.25) is 0 Å². The van der Waals surface area contributed by atoms with Crippen molar-refractivity contribution < 1.29 is 4.79 Å². The lowest BCUT2D eigenvalue weighted by molar-refractivity contribution is -0.131. The predicted molar refractivity (Wildman–Crippen MR) is 99.3 cm³/mol. The van der Waals surface area contributed by atoms with Crippen molar-refractivity contribution in [3.63, 3.8) is 0 Å². The van der Waals surface area contributed by atoms with E-state index >= 15 is 0 Å². The quantitative estimate of drug-likeness (QED) is 0.450. The van der Waals surface area contributed by atoms with Gasteiger partial charge in [-0.3, -0.25) is 9.79 Å². The van der Waals surface area contributed by atoms with Crippen LogP contribution >= 0.6 is 0 Å². The van der Waals surface area contributed by atoms with Crippen LogP contribution in [-0.4, -0.2) is 56.0 Å². The van der Waals surface area contributed by atoms with Gasteiger partial charge in [0.05, 0.1) is 0 Å². The van der Waals surface area contributed by atoms with Gasteiger partial charge in [0.1, 0.15) is 0 Å². The largest absolute Gasteiger partial charge is 0.370 e. The minimum atomic E-state index is 0.177. The summed E-state index contributed by atoms with van der Waals surface area (Å²) in [4.78, 5) is 20.7. The molecule has 1 aromatic carbocycles. The van der Waals surface area contributed by atoms with Gasteiger partial charge in [0.25, 0.3) is 0 Å². The second-order valence-corrected chi connectivity index (χ2v) is 6.00. The molecule has 1 fully saturated rings. The maximum Gasteiger partial charge on any atom is 0.224 e. The third kappa shape index (κ3) is 5.76. The van der Waals surface area contributed by atoms with Gasteiger partial charge in [-0.05, 0) is 18.6 Å². The number of carbonyl (C=O) groups is 1. The molecule has 6 heteroatoms. The first-order valence-electron chi connectivity index (χ1n) is 8.82. The normalized spacial score (nSPS) is 15.5. The first kappa shape index (κ1) is 18.1. The molecular formula is C18H29N5O. The molecule has 0 radical (unpaired) electrons. The number of piperazine rings is 1. The summed E-state index contributed by atoms with van der Waals surface area (Å²) in [7, 11) is 0. The predicted octanol–water partition coefficient (Wildman–Crippen LogP) is 1.43. The molecular weight excluding hydrogens is 302 g/mol. The Morgan fingerprint density at radius 1 is 1.21 bits per heavy atom. The van der Waals surface area contributed by atoms with E-state index in [4.69, 9.17) is 5.73 Å². The number of guanidine groups is 1. The van der Waals surface area contributed by atoms with Crippen molar-refractivity contribution in [2.45, 2.75) is 26.2 Å². The van der Waals surface area contributed by atoms with Crippen LogP contribution in [0.15, 0.2) is 35.3 Å². The minimum Gasteiger partial charge on any atom is -0.370 e. The fourth-order valence-electron chi connectivity index (χ4n) is 2.72. The van der Waals surface area contributed by atoms with Crippen molar-refractivity contribution in [1.29, 1.82) is 0 Å². The lowest BCUT2D eigenvalue weighted by atomic mass is 10.2. The average molecular weight is 331 g/mol. The Morgan fingerprint density at radius 3 is 2.58 bits per heavy atom. The standard InChI is InChI=1S/C18H29N5O/c1-2-3-10-20-18(19)21-11-9-17(24)23-14-12-22(13-15-23)16-7-5-4-6-8-16/h4-8H,2-3,9-15H2,1H3,(H3,19,20,21). The fourth-order valence-corrected chi connectivity index (χ4v) is 2.72. The van der Waals surface area contributed by atoms with E-state index in [1.165, 1.54) is 5.69 Å². The van der Waals surface area contributed by atoms with E-state index < -0.39 is 0 Å². The Labute approximate surface area is 144 Å². The maximum absolute atomic E-state index is 12.3. The summed E-state index contributed by atoms with van der Waals surface area (Å²) in [6.07, 6.45) is 2.59. The molecule has 0 atom stereocenters. The Hall–Kier alpha value is -2.24. The van der Waals surface area contributed by atoms with Crippen LogP contribution in [0.5, 0.6) is 0 Å². The molecule has 2 rings (SSSR count). The molecule has 24 heavy (non-hydrogen) atoms. The number of hydrogen-bond acceptors (Lipinski definition) is 3. The van der Waals surface area contributed by atoms with E-state index in [1.54, 1.807) is 0 Å². The van der Waals surface area contributed by atoms with Crippen LogP contribution in [0.4, 0.5) is 5.69 Å². The molecule has 0 saturated carbocycles. The van der Waals surface area contributed by atoms with Crippen LogP contribution < -0.4 is 16.0 Å².